The van der Waals surface area contributed by atoms with Gasteiger partial charge in [-0.1, -0.05) is 13.0 Å². The summed E-state index contributed by atoms with van der Waals surface area (Å²) in [6.45, 7) is 5.56. The van der Waals surface area contributed by atoms with Gasteiger partial charge in [-0.2, -0.15) is 0 Å². The largest absolute Gasteiger partial charge is 0.478 e. The lowest BCUT2D eigenvalue weighted by molar-refractivity contribution is 0.0695. The average Bonchev–Trinajstić information content (AvgIpc) is 3.21. The van der Waals surface area contributed by atoms with Crippen molar-refractivity contribution in [3.05, 3.63) is 29.3 Å². The summed E-state index contributed by atoms with van der Waals surface area (Å²) in [5.41, 5.74) is 0.165. The summed E-state index contributed by atoms with van der Waals surface area (Å²) in [6.07, 6.45) is 2.58. The van der Waals surface area contributed by atoms with Crippen LogP contribution in [0.3, 0.4) is 0 Å². The predicted octanol–water partition coefficient (Wildman–Crippen LogP) is 2.41. The van der Waals surface area contributed by atoms with Crippen molar-refractivity contribution < 1.29 is 18.3 Å². The van der Waals surface area contributed by atoms with E-state index >= 15 is 0 Å². The van der Waals surface area contributed by atoms with E-state index in [1.807, 2.05) is 20.8 Å². The molecule has 6 heteroatoms. The van der Waals surface area contributed by atoms with Crippen LogP contribution in [-0.2, 0) is 16.4 Å². The Bertz CT molecular complexity index is 660. The second kappa shape index (κ2) is 5.42. The number of rotatable bonds is 6. The van der Waals surface area contributed by atoms with Gasteiger partial charge >= 0.3 is 5.97 Å². The van der Waals surface area contributed by atoms with E-state index < -0.39 is 21.5 Å². The molecule has 0 spiro atoms. The van der Waals surface area contributed by atoms with Crippen molar-refractivity contribution in [2.45, 2.75) is 50.5 Å². The highest BCUT2D eigenvalue weighted by molar-refractivity contribution is 7.89. The van der Waals surface area contributed by atoms with Crippen LogP contribution in [-0.4, -0.2) is 25.0 Å². The highest BCUT2D eigenvalue weighted by Gasteiger charge is 2.40. The molecule has 0 saturated heterocycles. The Morgan fingerprint density at radius 1 is 1.38 bits per heavy atom. The van der Waals surface area contributed by atoms with Gasteiger partial charge in [0.25, 0.3) is 0 Å². The smallest absolute Gasteiger partial charge is 0.336 e. The Morgan fingerprint density at radius 3 is 2.48 bits per heavy atom. The van der Waals surface area contributed by atoms with Crippen LogP contribution >= 0.6 is 0 Å². The zero-order valence-corrected chi connectivity index (χ0v) is 13.3. The molecule has 0 heterocycles. The molecule has 1 fully saturated rings. The van der Waals surface area contributed by atoms with E-state index in [4.69, 9.17) is 0 Å². The molecule has 0 unspecified atom stereocenters. The first-order valence-electron chi connectivity index (χ1n) is 7.07. The number of nitrogens with one attached hydrogen (secondary N) is 1. The summed E-state index contributed by atoms with van der Waals surface area (Å²) in [6, 6.07) is 4.28. The minimum absolute atomic E-state index is 0.00539. The molecule has 1 aliphatic rings. The van der Waals surface area contributed by atoms with Crippen LogP contribution in [0.5, 0.6) is 0 Å². The van der Waals surface area contributed by atoms with Gasteiger partial charge in [-0.25, -0.2) is 17.9 Å². The lowest BCUT2D eigenvalue weighted by atomic mass is 10.0. The molecule has 1 aromatic rings. The Kier molecular flexibility index (Phi) is 4.13. The highest BCUT2D eigenvalue weighted by Crippen LogP contribution is 2.40. The maximum absolute atomic E-state index is 12.5. The first-order valence-corrected chi connectivity index (χ1v) is 8.56. The Balaban J connectivity index is 2.36. The molecule has 2 rings (SSSR count). The van der Waals surface area contributed by atoms with Gasteiger partial charge in [-0.05, 0) is 56.7 Å². The molecule has 0 aromatic heterocycles. The molecule has 0 amide bonds. The van der Waals surface area contributed by atoms with E-state index in [-0.39, 0.29) is 10.5 Å². The third-order valence-electron chi connectivity index (χ3n) is 4.00. The maximum atomic E-state index is 12.5. The average molecular weight is 311 g/mol. The first kappa shape index (κ1) is 16.0. The van der Waals surface area contributed by atoms with Gasteiger partial charge < -0.3 is 5.11 Å². The number of aryl methyl sites for hydroxylation is 1. The molecule has 1 aromatic carbocycles. The second-order valence-electron chi connectivity index (χ2n) is 6.08. The van der Waals surface area contributed by atoms with E-state index in [9.17, 15) is 18.3 Å². The molecular weight excluding hydrogens is 290 g/mol. The van der Waals surface area contributed by atoms with E-state index in [2.05, 4.69) is 4.72 Å². The normalized spacial score (nSPS) is 16.0. The van der Waals surface area contributed by atoms with Crippen molar-refractivity contribution in [1.82, 2.24) is 4.72 Å². The van der Waals surface area contributed by atoms with E-state index in [0.29, 0.717) is 17.9 Å². The predicted molar refractivity (Wildman–Crippen MR) is 79.9 cm³/mol. The summed E-state index contributed by atoms with van der Waals surface area (Å²) < 4.78 is 27.6. The van der Waals surface area contributed by atoms with E-state index in [1.54, 1.807) is 6.07 Å². The maximum Gasteiger partial charge on any atom is 0.336 e. The number of aromatic carboxylic acids is 1. The van der Waals surface area contributed by atoms with Crippen molar-refractivity contribution in [1.29, 1.82) is 0 Å². The van der Waals surface area contributed by atoms with Crippen molar-refractivity contribution in [3.8, 4) is 0 Å². The molecular formula is C15H21NO4S. The van der Waals surface area contributed by atoms with Gasteiger partial charge in [0.05, 0.1) is 10.5 Å². The number of sulfonamides is 1. The van der Waals surface area contributed by atoms with Crippen molar-refractivity contribution in [2.24, 2.45) is 5.92 Å². The van der Waals surface area contributed by atoms with Crippen LogP contribution in [0.15, 0.2) is 23.1 Å². The lowest BCUT2D eigenvalue weighted by Crippen LogP contribution is -2.45. The van der Waals surface area contributed by atoms with Gasteiger partial charge in [0, 0.05) is 5.54 Å². The quantitative estimate of drug-likeness (QED) is 0.845. The topological polar surface area (TPSA) is 83.5 Å². The van der Waals surface area contributed by atoms with E-state index in [0.717, 1.165) is 12.8 Å². The molecule has 2 N–H and O–H groups in total. The van der Waals surface area contributed by atoms with Crippen LogP contribution in [0.2, 0.25) is 0 Å². The number of hydrogen-bond donors (Lipinski definition) is 2. The molecule has 0 radical (unpaired) electrons. The van der Waals surface area contributed by atoms with Gasteiger partial charge in [0.1, 0.15) is 0 Å². The Labute approximate surface area is 125 Å². The zero-order valence-electron chi connectivity index (χ0n) is 12.5. The number of carboxylic acids is 1. The molecule has 5 nitrogen and oxygen atoms in total. The number of benzene rings is 1. The Morgan fingerprint density at radius 2 is 2.00 bits per heavy atom. The van der Waals surface area contributed by atoms with Crippen LogP contribution < -0.4 is 4.72 Å². The van der Waals surface area contributed by atoms with Crippen LogP contribution in [0.25, 0.3) is 0 Å². The molecule has 0 atom stereocenters. The molecule has 0 bridgehead atoms. The fourth-order valence-electron chi connectivity index (χ4n) is 2.52. The third kappa shape index (κ3) is 3.44. The lowest BCUT2D eigenvalue weighted by Gasteiger charge is -2.26. The van der Waals surface area contributed by atoms with Crippen molar-refractivity contribution in [3.63, 3.8) is 0 Å². The van der Waals surface area contributed by atoms with Crippen LogP contribution in [0.1, 0.15) is 49.5 Å². The summed E-state index contributed by atoms with van der Waals surface area (Å²) >= 11 is 0. The SMILES string of the molecule is CCc1ccc(S(=O)(=O)NC(C)(C)C2CC2)cc1C(=O)O. The van der Waals surface area contributed by atoms with Gasteiger partial charge in [0.15, 0.2) is 0 Å². The van der Waals surface area contributed by atoms with E-state index in [1.165, 1.54) is 12.1 Å². The van der Waals surface area contributed by atoms with Gasteiger partial charge in [0.2, 0.25) is 10.0 Å². The molecule has 1 saturated carbocycles. The number of hydrogen-bond acceptors (Lipinski definition) is 3. The van der Waals surface area contributed by atoms with Crippen LogP contribution in [0, 0.1) is 5.92 Å². The highest BCUT2D eigenvalue weighted by atomic mass is 32.2. The summed E-state index contributed by atoms with van der Waals surface area (Å²) in [4.78, 5) is 11.3. The fraction of sp³-hybridized carbons (Fsp3) is 0.533. The van der Waals surface area contributed by atoms with Gasteiger partial charge in [-0.15, -0.1) is 0 Å². The number of carbonyl (C=O) groups is 1. The first-order chi connectivity index (χ1) is 9.67. The summed E-state index contributed by atoms with van der Waals surface area (Å²) in [7, 11) is -3.72. The minimum atomic E-state index is -3.72. The molecule has 1 aliphatic carbocycles. The second-order valence-corrected chi connectivity index (χ2v) is 7.76. The molecule has 116 valence electrons. The van der Waals surface area contributed by atoms with Crippen molar-refractivity contribution in [2.75, 3.05) is 0 Å². The van der Waals surface area contributed by atoms with Crippen LogP contribution in [0.4, 0.5) is 0 Å². The monoisotopic (exact) mass is 311 g/mol. The summed E-state index contributed by atoms with van der Waals surface area (Å²) in [5.74, 6) is -0.758. The molecule has 21 heavy (non-hydrogen) atoms. The summed E-state index contributed by atoms with van der Waals surface area (Å²) in [5, 5.41) is 9.20. The minimum Gasteiger partial charge on any atom is -0.478 e. The fourth-order valence-corrected chi connectivity index (χ4v) is 4.02. The molecule has 0 aliphatic heterocycles. The van der Waals surface area contributed by atoms with Crippen molar-refractivity contribution >= 4 is 16.0 Å². The Hall–Kier alpha value is -1.40. The van der Waals surface area contributed by atoms with Gasteiger partial charge in [-0.3, -0.25) is 0 Å². The number of carboxylic acid groups (broad SMARTS) is 1. The zero-order chi connectivity index (χ0) is 15.8. The third-order valence-corrected chi connectivity index (χ3v) is 5.67. The standard InChI is InChI=1S/C15H21NO4S/c1-4-10-5-8-12(9-13(10)14(17)18)21(19,20)16-15(2,3)11-6-7-11/h5,8-9,11,16H,4,6-7H2,1-3H3,(H,17,18).